The fraction of sp³-hybridized carbons (Fsp3) is 0.360. The highest BCUT2D eigenvalue weighted by Crippen LogP contribution is 2.39. The zero-order valence-electron chi connectivity index (χ0n) is 17.2. The van der Waals surface area contributed by atoms with E-state index in [-0.39, 0.29) is 11.9 Å². The summed E-state index contributed by atoms with van der Waals surface area (Å²) in [5.41, 5.74) is 6.54. The Balaban J connectivity index is 1.97. The van der Waals surface area contributed by atoms with Crippen molar-refractivity contribution in [3.8, 4) is 17.2 Å². The molecule has 0 aromatic heterocycles. The first-order chi connectivity index (χ1) is 13.3. The maximum absolute atomic E-state index is 10.8. The highest BCUT2D eigenvalue weighted by Gasteiger charge is 2.23. The maximum atomic E-state index is 10.8. The molecule has 0 spiro atoms. The number of hydrogen-bond acceptors (Lipinski definition) is 3. The van der Waals surface area contributed by atoms with Gasteiger partial charge in [-0.25, -0.2) is 0 Å². The molecule has 3 nitrogen and oxygen atoms in total. The molecule has 0 radical (unpaired) electrons. The molecule has 0 amide bonds. The Morgan fingerprint density at radius 3 is 2.14 bits per heavy atom. The molecule has 2 N–H and O–H groups in total. The lowest BCUT2D eigenvalue weighted by Gasteiger charge is -2.27. The topological polar surface area (TPSA) is 49.7 Å². The average Bonchev–Trinajstić information content (AvgIpc) is 2.65. The predicted octanol–water partition coefficient (Wildman–Crippen LogP) is 6.18. The Labute approximate surface area is 168 Å². The van der Waals surface area contributed by atoms with Crippen LogP contribution in [-0.4, -0.2) is 10.2 Å². The van der Waals surface area contributed by atoms with Crippen LogP contribution in [0.1, 0.15) is 62.5 Å². The molecule has 0 saturated heterocycles. The third kappa shape index (κ3) is 4.78. The van der Waals surface area contributed by atoms with Crippen molar-refractivity contribution in [1.82, 2.24) is 0 Å². The Morgan fingerprint density at radius 2 is 1.57 bits per heavy atom. The minimum atomic E-state index is -0.0780. The third-order valence-corrected chi connectivity index (χ3v) is 5.12. The summed E-state index contributed by atoms with van der Waals surface area (Å²) in [4.78, 5) is 0. The molecule has 2 aromatic rings. The number of rotatable bonds is 5. The van der Waals surface area contributed by atoms with Gasteiger partial charge in [-0.2, -0.15) is 0 Å². The van der Waals surface area contributed by atoms with E-state index in [4.69, 9.17) is 4.74 Å². The van der Waals surface area contributed by atoms with Crippen molar-refractivity contribution < 1.29 is 14.9 Å². The van der Waals surface area contributed by atoms with Gasteiger partial charge in [-0.05, 0) is 93.8 Å². The van der Waals surface area contributed by atoms with Gasteiger partial charge in [0.2, 0.25) is 0 Å². The van der Waals surface area contributed by atoms with E-state index in [2.05, 4.69) is 52.0 Å². The van der Waals surface area contributed by atoms with Gasteiger partial charge in [0.05, 0.1) is 0 Å². The minimum Gasteiger partial charge on any atom is -0.508 e. The van der Waals surface area contributed by atoms with Crippen molar-refractivity contribution in [2.75, 3.05) is 0 Å². The summed E-state index contributed by atoms with van der Waals surface area (Å²) in [6.07, 6.45) is 7.39. The molecule has 1 atom stereocenters. The smallest absolute Gasteiger partial charge is 0.127 e. The second kappa shape index (κ2) is 8.55. The van der Waals surface area contributed by atoms with Gasteiger partial charge in [0.1, 0.15) is 23.4 Å². The van der Waals surface area contributed by atoms with E-state index in [1.54, 1.807) is 12.1 Å². The van der Waals surface area contributed by atoms with Gasteiger partial charge < -0.3 is 14.9 Å². The number of benzene rings is 2. The summed E-state index contributed by atoms with van der Waals surface area (Å²) in [7, 11) is 0. The van der Waals surface area contributed by atoms with Crippen LogP contribution in [0.25, 0.3) is 0 Å². The lowest BCUT2D eigenvalue weighted by atomic mass is 9.92. The fourth-order valence-corrected chi connectivity index (χ4v) is 3.51. The van der Waals surface area contributed by atoms with Crippen molar-refractivity contribution in [1.29, 1.82) is 0 Å². The number of phenolic OH excluding ortho intramolecular Hbond substituents is 2. The zero-order chi connectivity index (χ0) is 20.3. The van der Waals surface area contributed by atoms with E-state index in [0.29, 0.717) is 18.6 Å². The Bertz CT molecular complexity index is 872. The molecule has 0 bridgehead atoms. The van der Waals surface area contributed by atoms with Gasteiger partial charge in [-0.1, -0.05) is 29.4 Å². The molecule has 0 saturated carbocycles. The Kier molecular flexibility index (Phi) is 6.13. The summed E-state index contributed by atoms with van der Waals surface area (Å²) in [5.74, 6) is 1.35. The SMILES string of the molecule is CC(C)=CCc1cc([C@H]2CCc3ccc(O)cc3O2)cc(CC=C(C)C)c1O. The molecule has 1 aliphatic rings. The molecule has 28 heavy (non-hydrogen) atoms. The number of phenols is 2. The van der Waals surface area contributed by atoms with Crippen LogP contribution in [0.2, 0.25) is 0 Å². The van der Waals surface area contributed by atoms with Crippen LogP contribution in [-0.2, 0) is 19.3 Å². The van der Waals surface area contributed by atoms with Crippen LogP contribution < -0.4 is 4.74 Å². The molecule has 0 aliphatic carbocycles. The van der Waals surface area contributed by atoms with Crippen molar-refractivity contribution in [2.45, 2.75) is 59.5 Å². The van der Waals surface area contributed by atoms with Crippen LogP contribution in [0.15, 0.2) is 53.6 Å². The van der Waals surface area contributed by atoms with Crippen molar-refractivity contribution >= 4 is 0 Å². The van der Waals surface area contributed by atoms with E-state index < -0.39 is 0 Å². The molecule has 0 unspecified atom stereocenters. The summed E-state index contributed by atoms with van der Waals surface area (Å²) < 4.78 is 6.23. The molecule has 0 fully saturated rings. The number of allylic oxidation sites excluding steroid dienone is 4. The Hall–Kier alpha value is -2.68. The summed E-state index contributed by atoms with van der Waals surface area (Å²) in [6.45, 7) is 8.27. The lowest BCUT2D eigenvalue weighted by Crippen LogP contribution is -2.15. The van der Waals surface area contributed by atoms with Crippen molar-refractivity contribution in [2.24, 2.45) is 0 Å². The first kappa shape index (κ1) is 20.1. The molecule has 1 aliphatic heterocycles. The number of aromatic hydroxyl groups is 2. The summed E-state index contributed by atoms with van der Waals surface area (Å²) in [5, 5.41) is 20.6. The maximum Gasteiger partial charge on any atom is 0.127 e. The van der Waals surface area contributed by atoms with Crippen LogP contribution in [0.3, 0.4) is 0 Å². The van der Waals surface area contributed by atoms with E-state index in [1.807, 2.05) is 6.07 Å². The minimum absolute atomic E-state index is 0.0780. The van der Waals surface area contributed by atoms with Gasteiger partial charge in [-0.15, -0.1) is 0 Å². The van der Waals surface area contributed by atoms with Crippen molar-refractivity contribution in [3.63, 3.8) is 0 Å². The number of hydrogen-bond donors (Lipinski definition) is 2. The molecular formula is C25H30O3. The first-order valence-electron chi connectivity index (χ1n) is 9.93. The fourth-order valence-electron chi connectivity index (χ4n) is 3.51. The van der Waals surface area contributed by atoms with E-state index in [0.717, 1.165) is 40.8 Å². The number of aryl methyl sites for hydroxylation is 1. The van der Waals surface area contributed by atoms with Crippen LogP contribution in [0.4, 0.5) is 0 Å². The third-order valence-electron chi connectivity index (χ3n) is 5.12. The average molecular weight is 379 g/mol. The van der Waals surface area contributed by atoms with Gasteiger partial charge in [0, 0.05) is 6.07 Å². The van der Waals surface area contributed by atoms with E-state index in [1.165, 1.54) is 11.1 Å². The van der Waals surface area contributed by atoms with Crippen LogP contribution in [0, 0.1) is 0 Å². The quantitative estimate of drug-likeness (QED) is 0.611. The van der Waals surface area contributed by atoms with Gasteiger partial charge in [-0.3, -0.25) is 0 Å². The lowest BCUT2D eigenvalue weighted by molar-refractivity contribution is 0.175. The van der Waals surface area contributed by atoms with E-state index in [9.17, 15) is 10.2 Å². The zero-order valence-corrected chi connectivity index (χ0v) is 17.2. The molecule has 3 rings (SSSR count). The van der Waals surface area contributed by atoms with Crippen LogP contribution in [0.5, 0.6) is 17.2 Å². The molecule has 1 heterocycles. The largest absolute Gasteiger partial charge is 0.508 e. The van der Waals surface area contributed by atoms with Gasteiger partial charge in [0.15, 0.2) is 0 Å². The van der Waals surface area contributed by atoms with Gasteiger partial charge >= 0.3 is 0 Å². The second-order valence-corrected chi connectivity index (χ2v) is 8.10. The highest BCUT2D eigenvalue weighted by molar-refractivity contribution is 5.48. The summed E-state index contributed by atoms with van der Waals surface area (Å²) in [6, 6.07) is 9.46. The van der Waals surface area contributed by atoms with Gasteiger partial charge in [0.25, 0.3) is 0 Å². The monoisotopic (exact) mass is 378 g/mol. The second-order valence-electron chi connectivity index (χ2n) is 8.10. The standard InChI is InChI=1S/C25H30O3/c1-16(2)5-7-19-13-21(14-20(25(19)27)8-6-17(3)4)23-12-10-18-9-11-22(26)15-24(18)28-23/h5-6,9,11,13-15,23,26-27H,7-8,10,12H2,1-4H3/t23-/m1/s1. The summed E-state index contributed by atoms with van der Waals surface area (Å²) >= 11 is 0. The normalized spacial score (nSPS) is 15.4. The van der Waals surface area contributed by atoms with E-state index >= 15 is 0 Å². The van der Waals surface area contributed by atoms with Crippen LogP contribution >= 0.6 is 0 Å². The highest BCUT2D eigenvalue weighted by atomic mass is 16.5. The molecule has 148 valence electrons. The molecule has 2 aromatic carbocycles. The van der Waals surface area contributed by atoms with Crippen molar-refractivity contribution in [3.05, 3.63) is 75.9 Å². The predicted molar refractivity (Wildman–Crippen MR) is 114 cm³/mol. The Morgan fingerprint density at radius 1 is 0.964 bits per heavy atom. The molecular weight excluding hydrogens is 348 g/mol. The molecule has 3 heteroatoms. The first-order valence-corrected chi connectivity index (χ1v) is 9.93. The number of fused-ring (bicyclic) bond motifs is 1. The number of ether oxygens (including phenoxy) is 1.